The quantitative estimate of drug-likeness (QED) is 0.165. The van der Waals surface area contributed by atoms with Crippen molar-refractivity contribution in [1.82, 2.24) is 0 Å². The van der Waals surface area contributed by atoms with Crippen LogP contribution in [0.15, 0.2) is 144 Å². The van der Waals surface area contributed by atoms with Crippen molar-refractivity contribution < 1.29 is 0 Å². The number of allylic oxidation sites excluding steroid dienone is 2. The molecule has 4 bridgehead atoms. The van der Waals surface area contributed by atoms with E-state index in [1.165, 1.54) is 123 Å². The van der Waals surface area contributed by atoms with Gasteiger partial charge in [0.05, 0.1) is 0 Å². The summed E-state index contributed by atoms with van der Waals surface area (Å²) in [5.74, 6) is 2.57. The van der Waals surface area contributed by atoms with Gasteiger partial charge < -0.3 is 9.80 Å². The standard InChI is InChI=1S/C59H55BN2/c1-56(2)43-23-15-13-21-41(43)49-45(56)25-26-46-50(49)53-55(58(46,5)6)60-51-47(61(39-17-9-7-10-18-39)52-42-22-14-16-24-44(42)57(3,4)54(52)60)30-38(31-48(51)62(53)40-19-11-8-12-20-40)59-32-35-27-36(33-59)29-37(28-35)34-59/h7-26,30-31,35-37H,27-29,32-34H2,1-6H3. The van der Waals surface area contributed by atoms with Crippen molar-refractivity contribution in [3.05, 3.63) is 183 Å². The van der Waals surface area contributed by atoms with Gasteiger partial charge in [0.1, 0.15) is 0 Å². The van der Waals surface area contributed by atoms with Gasteiger partial charge in [-0.05, 0) is 142 Å². The fourth-order valence-electron chi connectivity index (χ4n) is 15.8. The van der Waals surface area contributed by atoms with Gasteiger partial charge in [-0.1, -0.05) is 150 Å². The predicted molar refractivity (Wildman–Crippen MR) is 259 cm³/mol. The molecule has 62 heavy (non-hydrogen) atoms. The third-order valence-electron chi connectivity index (χ3n) is 18.0. The molecular formula is C59H55BN2. The van der Waals surface area contributed by atoms with Crippen molar-refractivity contribution in [2.24, 2.45) is 17.8 Å². The third kappa shape index (κ3) is 4.29. The van der Waals surface area contributed by atoms with Crippen molar-refractivity contribution in [3.63, 3.8) is 0 Å². The molecule has 6 aromatic rings. The lowest BCUT2D eigenvalue weighted by molar-refractivity contribution is -0.00514. The summed E-state index contributed by atoms with van der Waals surface area (Å²) in [6.45, 7) is 15.2. The maximum atomic E-state index is 2.79. The lowest BCUT2D eigenvalue weighted by Crippen LogP contribution is -2.54. The highest BCUT2D eigenvalue weighted by molar-refractivity contribution is 6.92. The minimum atomic E-state index is -0.246. The highest BCUT2D eigenvalue weighted by Gasteiger charge is 2.60. The Bertz CT molecular complexity index is 3000. The molecule has 7 aliphatic carbocycles. The Balaban J connectivity index is 1.16. The van der Waals surface area contributed by atoms with E-state index in [9.17, 15) is 0 Å². The zero-order valence-electron chi connectivity index (χ0n) is 37.1. The van der Waals surface area contributed by atoms with Crippen LogP contribution in [0.5, 0.6) is 0 Å². The highest BCUT2D eigenvalue weighted by Crippen LogP contribution is 2.66. The van der Waals surface area contributed by atoms with E-state index in [0.717, 1.165) is 17.8 Å². The molecule has 0 N–H and O–H groups in total. The number of rotatable bonds is 3. The van der Waals surface area contributed by atoms with E-state index < -0.39 is 0 Å². The Morgan fingerprint density at radius 2 is 0.903 bits per heavy atom. The SMILES string of the molecule is CC1(C)C2=C(c3ccccc31)N(c1ccccc1)c1cc(C34CC5CC(CC(C5)C3)C4)cc3c1B2C1=C(c2c(ccc4c2-c2ccccc2C4(C)C)C1(C)C)N3c1ccccc1. The zero-order valence-corrected chi connectivity index (χ0v) is 37.1. The Hall–Kier alpha value is -5.54. The second-order valence-corrected chi connectivity index (χ2v) is 22.3. The monoisotopic (exact) mass is 802 g/mol. The second kappa shape index (κ2) is 11.7. The van der Waals surface area contributed by atoms with Gasteiger partial charge in [-0.3, -0.25) is 0 Å². The smallest absolute Gasteiger partial charge is 0.245 e. The van der Waals surface area contributed by atoms with Gasteiger partial charge >= 0.3 is 0 Å². The Labute approximate surface area is 368 Å². The first kappa shape index (κ1) is 36.0. The molecule has 304 valence electrons. The predicted octanol–water partition coefficient (Wildman–Crippen LogP) is 13.9. The van der Waals surface area contributed by atoms with Crippen LogP contribution < -0.4 is 15.3 Å². The van der Waals surface area contributed by atoms with Crippen LogP contribution in [0.3, 0.4) is 0 Å². The molecule has 9 aliphatic rings. The number of hydrogen-bond acceptors (Lipinski definition) is 2. The second-order valence-electron chi connectivity index (χ2n) is 22.3. The fraction of sp³-hybridized carbons (Fsp3) is 0.322. The summed E-state index contributed by atoms with van der Waals surface area (Å²) in [4.78, 5) is 5.53. The summed E-state index contributed by atoms with van der Waals surface area (Å²) in [5, 5.41) is 0. The first-order valence-corrected chi connectivity index (χ1v) is 23.7. The summed E-state index contributed by atoms with van der Waals surface area (Å²) in [6.07, 6.45) is 8.34. The molecule has 0 unspecified atom stereocenters. The molecule has 2 heterocycles. The van der Waals surface area contributed by atoms with E-state index in [4.69, 9.17) is 0 Å². The molecule has 4 fully saturated rings. The van der Waals surface area contributed by atoms with Crippen LogP contribution in [-0.4, -0.2) is 6.71 Å². The van der Waals surface area contributed by atoms with Crippen LogP contribution in [0, 0.1) is 17.8 Å². The zero-order chi connectivity index (χ0) is 41.7. The minimum absolute atomic E-state index is 0.0940. The normalized spacial score (nSPS) is 26.5. The maximum absolute atomic E-state index is 2.79. The van der Waals surface area contributed by atoms with Crippen LogP contribution in [0.4, 0.5) is 22.7 Å². The molecule has 2 nitrogen and oxygen atoms in total. The molecule has 0 amide bonds. The largest absolute Gasteiger partial charge is 0.311 e. The van der Waals surface area contributed by atoms with E-state index in [2.05, 4.69) is 185 Å². The summed E-state index contributed by atoms with van der Waals surface area (Å²) in [7, 11) is 0. The number of para-hydroxylation sites is 2. The summed E-state index contributed by atoms with van der Waals surface area (Å²) in [6, 6.07) is 52.2. The van der Waals surface area contributed by atoms with E-state index in [0.29, 0.717) is 0 Å². The number of nitrogens with zero attached hydrogens (tertiary/aromatic N) is 2. The van der Waals surface area contributed by atoms with Gasteiger partial charge in [0.25, 0.3) is 0 Å². The van der Waals surface area contributed by atoms with Gasteiger partial charge in [0.2, 0.25) is 6.71 Å². The number of benzene rings is 6. The third-order valence-corrected chi connectivity index (χ3v) is 18.0. The van der Waals surface area contributed by atoms with Gasteiger partial charge in [-0.25, -0.2) is 0 Å². The summed E-state index contributed by atoms with van der Waals surface area (Å²) >= 11 is 0. The number of fused-ring (bicyclic) bond motifs is 10. The highest BCUT2D eigenvalue weighted by atomic mass is 15.2. The topological polar surface area (TPSA) is 6.48 Å². The lowest BCUT2D eigenvalue weighted by Gasteiger charge is -2.57. The maximum Gasteiger partial charge on any atom is 0.245 e. The molecule has 0 spiro atoms. The number of hydrogen-bond donors (Lipinski definition) is 0. The van der Waals surface area contributed by atoms with Crippen molar-refractivity contribution >= 4 is 46.3 Å². The first-order chi connectivity index (χ1) is 30.0. The van der Waals surface area contributed by atoms with Crippen molar-refractivity contribution in [3.8, 4) is 11.1 Å². The minimum Gasteiger partial charge on any atom is -0.311 e. The van der Waals surface area contributed by atoms with Crippen LogP contribution in [0.25, 0.3) is 22.5 Å². The fourth-order valence-corrected chi connectivity index (χ4v) is 15.8. The molecule has 0 saturated heterocycles. The van der Waals surface area contributed by atoms with Crippen LogP contribution >= 0.6 is 0 Å². The molecule has 0 radical (unpaired) electrons. The lowest BCUT2D eigenvalue weighted by atomic mass is 9.27. The van der Waals surface area contributed by atoms with Crippen LogP contribution in [0.1, 0.15) is 119 Å². The molecular weight excluding hydrogens is 747 g/mol. The molecule has 0 atom stereocenters. The van der Waals surface area contributed by atoms with E-state index in [-0.39, 0.29) is 28.4 Å². The molecule has 4 saturated carbocycles. The Morgan fingerprint density at radius 3 is 1.48 bits per heavy atom. The molecule has 6 aromatic carbocycles. The average molecular weight is 803 g/mol. The Morgan fingerprint density at radius 1 is 0.452 bits per heavy atom. The molecule has 3 heteroatoms. The van der Waals surface area contributed by atoms with Crippen molar-refractivity contribution in [1.29, 1.82) is 0 Å². The van der Waals surface area contributed by atoms with Gasteiger partial charge in [0.15, 0.2) is 0 Å². The van der Waals surface area contributed by atoms with Gasteiger partial charge in [-0.15, -0.1) is 0 Å². The van der Waals surface area contributed by atoms with E-state index in [1.54, 1.807) is 16.5 Å². The van der Waals surface area contributed by atoms with Crippen LogP contribution in [-0.2, 0) is 21.7 Å². The van der Waals surface area contributed by atoms with Crippen molar-refractivity contribution in [2.45, 2.75) is 102 Å². The van der Waals surface area contributed by atoms with Gasteiger partial charge in [-0.2, -0.15) is 0 Å². The summed E-state index contributed by atoms with van der Waals surface area (Å²) in [5.41, 5.74) is 25.5. The average Bonchev–Trinajstić information content (AvgIpc) is 3.76. The first-order valence-electron chi connectivity index (χ1n) is 23.7. The molecule has 15 rings (SSSR count). The van der Waals surface area contributed by atoms with E-state index >= 15 is 0 Å². The molecule has 2 aliphatic heterocycles. The summed E-state index contributed by atoms with van der Waals surface area (Å²) < 4.78 is 0. The Kier molecular flexibility index (Phi) is 6.81. The van der Waals surface area contributed by atoms with Crippen LogP contribution in [0.2, 0.25) is 0 Å². The van der Waals surface area contributed by atoms with E-state index in [1.807, 2.05) is 0 Å². The van der Waals surface area contributed by atoms with Gasteiger partial charge in [0, 0.05) is 61.5 Å². The molecule has 0 aromatic heterocycles. The number of anilines is 4. The van der Waals surface area contributed by atoms with Crippen molar-refractivity contribution in [2.75, 3.05) is 9.80 Å².